The van der Waals surface area contributed by atoms with Gasteiger partial charge in [0, 0.05) is 24.5 Å². The van der Waals surface area contributed by atoms with Crippen LogP contribution in [0.4, 0.5) is 5.69 Å². The number of allylic oxidation sites excluding steroid dienone is 1. The van der Waals surface area contributed by atoms with Crippen LogP contribution in [0.5, 0.6) is 0 Å². The van der Waals surface area contributed by atoms with Crippen LogP contribution in [0.3, 0.4) is 0 Å². The molecule has 0 aromatic heterocycles. The highest BCUT2D eigenvalue weighted by Crippen LogP contribution is 2.04. The fourth-order valence-electron chi connectivity index (χ4n) is 0.969. The molecule has 0 bridgehead atoms. The highest BCUT2D eigenvalue weighted by atomic mass is 16.1. The molecule has 0 saturated carbocycles. The van der Waals surface area contributed by atoms with E-state index in [4.69, 9.17) is 0 Å². The highest BCUT2D eigenvalue weighted by molar-refractivity contribution is 5.99. The van der Waals surface area contributed by atoms with Crippen LogP contribution in [0.15, 0.2) is 42.1 Å². The summed E-state index contributed by atoms with van der Waals surface area (Å²) in [5.41, 5.74) is 1.64. The summed E-state index contributed by atoms with van der Waals surface area (Å²) in [6, 6.07) is 9.36. The van der Waals surface area contributed by atoms with Crippen LogP contribution in [0.1, 0.15) is 6.92 Å². The lowest BCUT2D eigenvalue weighted by atomic mass is 10.3. The number of amides is 1. The molecule has 2 N–H and O–H groups in total. The van der Waals surface area contributed by atoms with E-state index < -0.39 is 0 Å². The standard InChI is InChI=1S/C11H14N2O/c1-9(12-2)8-11(14)13-10-6-4-3-5-7-10/h3-8,12H,1-2H3,(H,13,14)/b9-8+. The summed E-state index contributed by atoms with van der Waals surface area (Å²) in [5, 5.41) is 5.63. The lowest BCUT2D eigenvalue weighted by molar-refractivity contribution is -0.112. The van der Waals surface area contributed by atoms with E-state index in [1.165, 1.54) is 6.08 Å². The Morgan fingerprint density at radius 3 is 2.50 bits per heavy atom. The van der Waals surface area contributed by atoms with Gasteiger partial charge in [-0.1, -0.05) is 18.2 Å². The van der Waals surface area contributed by atoms with Gasteiger partial charge < -0.3 is 10.6 Å². The van der Waals surface area contributed by atoms with Crippen LogP contribution in [0.2, 0.25) is 0 Å². The fourth-order valence-corrected chi connectivity index (χ4v) is 0.969. The number of nitrogens with one attached hydrogen (secondary N) is 2. The van der Waals surface area contributed by atoms with E-state index in [9.17, 15) is 4.79 Å². The summed E-state index contributed by atoms with van der Waals surface area (Å²) in [7, 11) is 1.78. The Balaban J connectivity index is 2.58. The summed E-state index contributed by atoms with van der Waals surface area (Å²) in [4.78, 5) is 11.4. The number of anilines is 1. The van der Waals surface area contributed by atoms with Gasteiger partial charge in [0.2, 0.25) is 5.91 Å². The number of para-hydroxylation sites is 1. The first-order chi connectivity index (χ1) is 6.72. The van der Waals surface area contributed by atoms with Gasteiger partial charge >= 0.3 is 0 Å². The Morgan fingerprint density at radius 2 is 1.93 bits per heavy atom. The molecule has 1 aromatic rings. The average molecular weight is 190 g/mol. The van der Waals surface area contributed by atoms with Crippen LogP contribution < -0.4 is 10.6 Å². The number of carbonyl (C=O) groups is 1. The molecule has 14 heavy (non-hydrogen) atoms. The third-order valence-electron chi connectivity index (χ3n) is 1.78. The van der Waals surface area contributed by atoms with Crippen LogP contribution in [0, 0.1) is 0 Å². The maximum absolute atomic E-state index is 11.4. The highest BCUT2D eigenvalue weighted by Gasteiger charge is 1.97. The minimum Gasteiger partial charge on any atom is -0.391 e. The van der Waals surface area contributed by atoms with Gasteiger partial charge in [-0.05, 0) is 19.1 Å². The quantitative estimate of drug-likeness (QED) is 0.713. The van der Waals surface area contributed by atoms with Crippen LogP contribution in [0.25, 0.3) is 0 Å². The van der Waals surface area contributed by atoms with Gasteiger partial charge in [0.25, 0.3) is 0 Å². The Bertz CT molecular complexity index is 330. The predicted octanol–water partition coefficient (Wildman–Crippen LogP) is 1.75. The zero-order chi connectivity index (χ0) is 10.4. The number of carbonyl (C=O) groups excluding carboxylic acids is 1. The first kappa shape index (κ1) is 10.3. The largest absolute Gasteiger partial charge is 0.391 e. The maximum Gasteiger partial charge on any atom is 0.250 e. The first-order valence-electron chi connectivity index (χ1n) is 4.44. The Morgan fingerprint density at radius 1 is 1.29 bits per heavy atom. The van der Waals surface area contributed by atoms with E-state index in [1.807, 2.05) is 37.3 Å². The molecule has 0 aliphatic heterocycles. The lowest BCUT2D eigenvalue weighted by Crippen LogP contribution is -2.12. The van der Waals surface area contributed by atoms with Crippen molar-refractivity contribution < 1.29 is 4.79 Å². The van der Waals surface area contributed by atoms with Crippen molar-refractivity contribution in [2.75, 3.05) is 12.4 Å². The van der Waals surface area contributed by atoms with Crippen molar-refractivity contribution in [3.63, 3.8) is 0 Å². The molecule has 0 heterocycles. The fraction of sp³-hybridized carbons (Fsp3) is 0.182. The smallest absolute Gasteiger partial charge is 0.250 e. The second kappa shape index (κ2) is 5.07. The maximum atomic E-state index is 11.4. The Labute approximate surface area is 83.8 Å². The number of hydrogen-bond donors (Lipinski definition) is 2. The van der Waals surface area contributed by atoms with Gasteiger partial charge in [0.05, 0.1) is 0 Å². The monoisotopic (exact) mass is 190 g/mol. The van der Waals surface area contributed by atoms with E-state index >= 15 is 0 Å². The van der Waals surface area contributed by atoms with E-state index in [1.54, 1.807) is 7.05 Å². The molecule has 3 heteroatoms. The van der Waals surface area contributed by atoms with Crippen LogP contribution >= 0.6 is 0 Å². The van der Waals surface area contributed by atoms with Gasteiger partial charge in [-0.15, -0.1) is 0 Å². The van der Waals surface area contributed by atoms with E-state index in [0.717, 1.165) is 11.4 Å². The molecule has 74 valence electrons. The topological polar surface area (TPSA) is 41.1 Å². The Hall–Kier alpha value is -1.77. The minimum atomic E-state index is -0.122. The van der Waals surface area contributed by atoms with Gasteiger partial charge in [-0.2, -0.15) is 0 Å². The summed E-state index contributed by atoms with van der Waals surface area (Å²) >= 11 is 0. The molecule has 0 saturated heterocycles. The average Bonchev–Trinajstić information content (AvgIpc) is 2.19. The van der Waals surface area contributed by atoms with Crippen molar-refractivity contribution in [3.05, 3.63) is 42.1 Å². The Kier molecular flexibility index (Phi) is 3.73. The second-order valence-corrected chi connectivity index (χ2v) is 2.93. The van der Waals surface area contributed by atoms with Gasteiger partial charge in [0.1, 0.15) is 0 Å². The SMILES string of the molecule is CN/C(C)=C/C(=O)Nc1ccccc1. The molecule has 0 fully saturated rings. The van der Waals surface area contributed by atoms with Crippen LogP contribution in [-0.2, 0) is 4.79 Å². The number of rotatable bonds is 3. The molecular weight excluding hydrogens is 176 g/mol. The third-order valence-corrected chi connectivity index (χ3v) is 1.78. The molecule has 1 aromatic carbocycles. The summed E-state index contributed by atoms with van der Waals surface area (Å²) in [6.45, 7) is 1.84. The van der Waals surface area contributed by atoms with E-state index in [0.29, 0.717) is 0 Å². The zero-order valence-electron chi connectivity index (χ0n) is 8.37. The van der Waals surface area contributed by atoms with E-state index in [2.05, 4.69) is 10.6 Å². The molecule has 0 radical (unpaired) electrons. The van der Waals surface area contributed by atoms with Crippen molar-refractivity contribution in [2.24, 2.45) is 0 Å². The number of benzene rings is 1. The van der Waals surface area contributed by atoms with Gasteiger partial charge in [-0.3, -0.25) is 4.79 Å². The first-order valence-corrected chi connectivity index (χ1v) is 4.44. The van der Waals surface area contributed by atoms with Crippen molar-refractivity contribution in [2.45, 2.75) is 6.92 Å². The van der Waals surface area contributed by atoms with Crippen molar-refractivity contribution in [1.29, 1.82) is 0 Å². The van der Waals surface area contributed by atoms with Crippen LogP contribution in [-0.4, -0.2) is 13.0 Å². The van der Waals surface area contributed by atoms with E-state index in [-0.39, 0.29) is 5.91 Å². The molecule has 1 rings (SSSR count). The predicted molar refractivity (Wildman–Crippen MR) is 57.9 cm³/mol. The van der Waals surface area contributed by atoms with Gasteiger partial charge in [0.15, 0.2) is 0 Å². The van der Waals surface area contributed by atoms with Crippen molar-refractivity contribution in [1.82, 2.24) is 5.32 Å². The summed E-state index contributed by atoms with van der Waals surface area (Å²) in [6.07, 6.45) is 1.52. The summed E-state index contributed by atoms with van der Waals surface area (Å²) < 4.78 is 0. The summed E-state index contributed by atoms with van der Waals surface area (Å²) in [5.74, 6) is -0.122. The van der Waals surface area contributed by atoms with Crippen molar-refractivity contribution >= 4 is 11.6 Å². The van der Waals surface area contributed by atoms with Crippen molar-refractivity contribution in [3.8, 4) is 0 Å². The molecule has 0 aliphatic rings. The molecule has 0 aliphatic carbocycles. The normalized spacial score (nSPS) is 10.9. The third kappa shape index (κ3) is 3.31. The minimum absolute atomic E-state index is 0.122. The van der Waals surface area contributed by atoms with Gasteiger partial charge in [-0.25, -0.2) is 0 Å². The second-order valence-electron chi connectivity index (χ2n) is 2.93. The zero-order valence-corrected chi connectivity index (χ0v) is 8.37. The molecule has 0 spiro atoms. The number of hydrogen-bond acceptors (Lipinski definition) is 2. The molecule has 1 amide bonds. The molecule has 3 nitrogen and oxygen atoms in total. The molecular formula is C11H14N2O. The molecule has 0 unspecified atom stereocenters. The molecule has 0 atom stereocenters. The lowest BCUT2D eigenvalue weighted by Gasteiger charge is -2.02.